The summed E-state index contributed by atoms with van der Waals surface area (Å²) in [6, 6.07) is 0. The van der Waals surface area contributed by atoms with E-state index in [9.17, 15) is 0 Å². The molecule has 1 saturated heterocycles. The van der Waals surface area contributed by atoms with Crippen molar-refractivity contribution in [3.63, 3.8) is 0 Å². The number of amidine groups is 1. The fourth-order valence-corrected chi connectivity index (χ4v) is 2.71. The second kappa shape index (κ2) is 4.74. The Balaban J connectivity index is 1.73. The molecule has 15 heavy (non-hydrogen) atoms. The molecule has 86 valence electrons. The number of rotatable bonds is 2. The van der Waals surface area contributed by atoms with Crippen LogP contribution in [-0.2, 0) is 4.74 Å². The quantitative estimate of drug-likeness (QED) is 0.783. The molecule has 0 aromatic rings. The molecule has 0 aromatic heterocycles. The SMILES string of the molecule is CC1(C)CN=C(NCC2CCCO2)SC1. The Kier molecular flexibility index (Phi) is 3.57. The highest BCUT2D eigenvalue weighted by atomic mass is 32.2. The number of nitrogens with one attached hydrogen (secondary N) is 1. The molecule has 3 nitrogen and oxygen atoms in total. The Bertz CT molecular complexity index is 247. The van der Waals surface area contributed by atoms with Gasteiger partial charge in [0.1, 0.15) is 0 Å². The van der Waals surface area contributed by atoms with Crippen molar-refractivity contribution in [2.75, 3.05) is 25.4 Å². The van der Waals surface area contributed by atoms with Gasteiger partial charge in [0.25, 0.3) is 0 Å². The zero-order valence-corrected chi connectivity index (χ0v) is 10.4. The van der Waals surface area contributed by atoms with Crippen LogP contribution in [0, 0.1) is 5.41 Å². The van der Waals surface area contributed by atoms with Crippen LogP contribution in [0.4, 0.5) is 0 Å². The topological polar surface area (TPSA) is 33.6 Å². The summed E-state index contributed by atoms with van der Waals surface area (Å²) in [5, 5.41) is 4.49. The first kappa shape index (κ1) is 11.3. The van der Waals surface area contributed by atoms with Crippen molar-refractivity contribution in [1.29, 1.82) is 0 Å². The van der Waals surface area contributed by atoms with E-state index in [1.165, 1.54) is 12.8 Å². The number of thioether (sulfide) groups is 1. The van der Waals surface area contributed by atoms with Gasteiger partial charge in [-0.15, -0.1) is 0 Å². The van der Waals surface area contributed by atoms with E-state index < -0.39 is 0 Å². The van der Waals surface area contributed by atoms with Gasteiger partial charge in [0, 0.05) is 25.4 Å². The molecular weight excluding hydrogens is 208 g/mol. The zero-order valence-electron chi connectivity index (χ0n) is 9.58. The normalized spacial score (nSPS) is 30.0. The van der Waals surface area contributed by atoms with Gasteiger partial charge in [-0.1, -0.05) is 25.6 Å². The number of aliphatic imine (C=N–C) groups is 1. The van der Waals surface area contributed by atoms with Crippen molar-refractivity contribution in [2.45, 2.75) is 32.8 Å². The zero-order chi connectivity index (χ0) is 10.7. The summed E-state index contributed by atoms with van der Waals surface area (Å²) in [7, 11) is 0. The largest absolute Gasteiger partial charge is 0.376 e. The van der Waals surface area contributed by atoms with Gasteiger partial charge in [0.15, 0.2) is 5.17 Å². The second-order valence-corrected chi connectivity index (χ2v) is 6.05. The third kappa shape index (κ3) is 3.38. The summed E-state index contributed by atoms with van der Waals surface area (Å²) in [6.45, 7) is 7.32. The van der Waals surface area contributed by atoms with Crippen LogP contribution in [0.15, 0.2) is 4.99 Å². The van der Waals surface area contributed by atoms with Crippen LogP contribution in [0.5, 0.6) is 0 Å². The molecule has 2 aliphatic rings. The first-order valence-electron chi connectivity index (χ1n) is 5.68. The van der Waals surface area contributed by atoms with Gasteiger partial charge in [0.2, 0.25) is 0 Å². The van der Waals surface area contributed by atoms with E-state index in [-0.39, 0.29) is 0 Å². The minimum Gasteiger partial charge on any atom is -0.376 e. The number of nitrogens with zero attached hydrogens (tertiary/aromatic N) is 1. The number of ether oxygens (including phenoxy) is 1. The minimum atomic E-state index is 0.361. The molecule has 0 saturated carbocycles. The van der Waals surface area contributed by atoms with Crippen LogP contribution in [0.25, 0.3) is 0 Å². The van der Waals surface area contributed by atoms with E-state index in [0.29, 0.717) is 11.5 Å². The molecule has 0 bridgehead atoms. The third-order valence-corrected chi connectivity index (χ3v) is 4.23. The molecule has 2 heterocycles. The molecule has 0 amide bonds. The van der Waals surface area contributed by atoms with Crippen LogP contribution >= 0.6 is 11.8 Å². The van der Waals surface area contributed by atoms with Crippen molar-refractivity contribution in [1.82, 2.24) is 5.32 Å². The predicted molar refractivity (Wildman–Crippen MR) is 65.5 cm³/mol. The van der Waals surface area contributed by atoms with E-state index >= 15 is 0 Å². The van der Waals surface area contributed by atoms with Crippen molar-refractivity contribution >= 4 is 16.9 Å². The van der Waals surface area contributed by atoms with E-state index in [1.807, 2.05) is 11.8 Å². The Morgan fingerprint density at radius 1 is 1.60 bits per heavy atom. The lowest BCUT2D eigenvalue weighted by Gasteiger charge is -2.27. The standard InChI is InChI=1S/C11H20N2OS/c1-11(2)7-13-10(15-8-11)12-6-9-4-3-5-14-9/h9H,3-8H2,1-2H3,(H,12,13). The predicted octanol–water partition coefficient (Wildman–Crippen LogP) is 1.88. The minimum absolute atomic E-state index is 0.361. The van der Waals surface area contributed by atoms with Crippen LogP contribution in [0.2, 0.25) is 0 Å². The van der Waals surface area contributed by atoms with Crippen LogP contribution in [0.1, 0.15) is 26.7 Å². The fraction of sp³-hybridized carbons (Fsp3) is 0.909. The Labute approximate surface area is 96.1 Å². The molecule has 0 radical (unpaired) electrons. The summed E-state index contributed by atoms with van der Waals surface area (Å²) >= 11 is 1.84. The maximum atomic E-state index is 5.56. The van der Waals surface area contributed by atoms with Gasteiger partial charge < -0.3 is 10.1 Å². The summed E-state index contributed by atoms with van der Waals surface area (Å²) in [4.78, 5) is 4.56. The third-order valence-electron chi connectivity index (χ3n) is 2.76. The van der Waals surface area contributed by atoms with Crippen LogP contribution in [-0.4, -0.2) is 36.7 Å². The van der Waals surface area contributed by atoms with Crippen molar-refractivity contribution in [3.8, 4) is 0 Å². The average Bonchev–Trinajstić information content (AvgIpc) is 2.69. The molecule has 1 unspecified atom stereocenters. The van der Waals surface area contributed by atoms with Crippen molar-refractivity contribution in [3.05, 3.63) is 0 Å². The van der Waals surface area contributed by atoms with E-state index in [2.05, 4.69) is 24.2 Å². The highest BCUT2D eigenvalue weighted by Crippen LogP contribution is 2.27. The smallest absolute Gasteiger partial charge is 0.156 e. The maximum Gasteiger partial charge on any atom is 0.156 e. The van der Waals surface area contributed by atoms with E-state index in [4.69, 9.17) is 4.74 Å². The molecule has 4 heteroatoms. The maximum absolute atomic E-state index is 5.56. The first-order valence-corrected chi connectivity index (χ1v) is 6.67. The molecule has 1 atom stereocenters. The summed E-state index contributed by atoms with van der Waals surface area (Å²) in [6.07, 6.45) is 2.80. The van der Waals surface area contributed by atoms with E-state index in [1.54, 1.807) is 0 Å². The van der Waals surface area contributed by atoms with Crippen LogP contribution in [0.3, 0.4) is 0 Å². The molecule has 2 rings (SSSR count). The highest BCUT2D eigenvalue weighted by molar-refractivity contribution is 8.13. The Hall–Kier alpha value is -0.220. The van der Waals surface area contributed by atoms with Crippen molar-refractivity contribution in [2.24, 2.45) is 10.4 Å². The Morgan fingerprint density at radius 2 is 2.47 bits per heavy atom. The van der Waals surface area contributed by atoms with Gasteiger partial charge in [-0.3, -0.25) is 4.99 Å². The van der Waals surface area contributed by atoms with E-state index in [0.717, 1.165) is 30.6 Å². The van der Waals surface area contributed by atoms with Gasteiger partial charge >= 0.3 is 0 Å². The van der Waals surface area contributed by atoms with Crippen molar-refractivity contribution < 1.29 is 4.74 Å². The van der Waals surface area contributed by atoms with Gasteiger partial charge in [-0.25, -0.2) is 0 Å². The lowest BCUT2D eigenvalue weighted by Crippen LogP contribution is -2.35. The van der Waals surface area contributed by atoms with Gasteiger partial charge in [-0.2, -0.15) is 0 Å². The lowest BCUT2D eigenvalue weighted by molar-refractivity contribution is 0.114. The summed E-state index contributed by atoms with van der Waals surface area (Å²) in [5.41, 5.74) is 0.361. The molecular formula is C11H20N2OS. The first-order chi connectivity index (χ1) is 7.16. The average molecular weight is 228 g/mol. The Morgan fingerprint density at radius 3 is 3.07 bits per heavy atom. The highest BCUT2D eigenvalue weighted by Gasteiger charge is 2.24. The van der Waals surface area contributed by atoms with Gasteiger partial charge in [0.05, 0.1) is 6.10 Å². The summed E-state index contributed by atoms with van der Waals surface area (Å²) < 4.78 is 5.56. The number of hydrogen-bond donors (Lipinski definition) is 1. The summed E-state index contributed by atoms with van der Waals surface area (Å²) in [5.74, 6) is 1.16. The molecule has 1 fully saturated rings. The molecule has 0 spiro atoms. The fourth-order valence-electron chi connectivity index (χ4n) is 1.75. The molecule has 0 aromatic carbocycles. The lowest BCUT2D eigenvalue weighted by atomic mass is 9.97. The van der Waals surface area contributed by atoms with Crippen LogP contribution < -0.4 is 5.32 Å². The number of hydrogen-bond acceptors (Lipinski definition) is 4. The second-order valence-electron chi connectivity index (χ2n) is 5.09. The monoisotopic (exact) mass is 228 g/mol. The molecule has 2 aliphatic heterocycles. The molecule has 0 aliphatic carbocycles. The molecule has 1 N–H and O–H groups in total. The van der Waals surface area contributed by atoms with Gasteiger partial charge in [-0.05, 0) is 18.3 Å².